The molecule has 0 aliphatic rings. The number of hydrogen-bond acceptors (Lipinski definition) is 14. The molecule has 0 saturated carbocycles. The standard InChI is InChI=1S/C35H65N11O11S2/c1-18(2)16-25(34(55)56)45-31(52)24(12-15-58-6)43-30(51)22(10-7-8-13-36)44-33(54)27(20(4)47)46-28(49)19(3)40-29(50)23(11-9-14-39-35(37)38)42-32(53)26(17-59-57)41-21(5)48/h18-20,22-27,47,57H,7-17,36H2,1-6H3,(H,40,50)(H,41,48)(H,42,53)(H,43,51)(H,44,54)(H,45,52)(H,46,49)(H,55,56)(H4,37,38,39)/t19-,20+,22-,23-,24-,25-,26-,27-/m0/s1. The molecule has 0 spiro atoms. The summed E-state index contributed by atoms with van der Waals surface area (Å²) in [4.78, 5) is 107. The summed E-state index contributed by atoms with van der Waals surface area (Å²) in [6, 6.07) is -9.09. The van der Waals surface area contributed by atoms with Crippen LogP contribution in [0.25, 0.3) is 0 Å². The zero-order chi connectivity index (χ0) is 45.2. The summed E-state index contributed by atoms with van der Waals surface area (Å²) in [7, 11) is 0. The van der Waals surface area contributed by atoms with Gasteiger partial charge in [0, 0.05) is 19.2 Å². The number of unbranched alkanes of at least 4 members (excludes halogenated alkanes) is 1. The lowest BCUT2D eigenvalue weighted by molar-refractivity contribution is -0.143. The molecule has 0 aliphatic heterocycles. The van der Waals surface area contributed by atoms with Crippen LogP contribution in [-0.2, 0) is 38.4 Å². The van der Waals surface area contributed by atoms with Crippen LogP contribution >= 0.6 is 23.8 Å². The molecule has 0 aromatic carbocycles. The zero-order valence-corrected chi connectivity index (χ0v) is 36.2. The highest BCUT2D eigenvalue weighted by Crippen LogP contribution is 2.10. The Morgan fingerprint density at radius 1 is 0.661 bits per heavy atom. The first-order chi connectivity index (χ1) is 27.7. The van der Waals surface area contributed by atoms with Crippen LogP contribution < -0.4 is 54.4 Å². The Morgan fingerprint density at radius 2 is 1.17 bits per heavy atom. The van der Waals surface area contributed by atoms with E-state index in [-0.39, 0.29) is 62.8 Å². The number of aliphatic imine (C=N–C) groups is 1. The van der Waals surface area contributed by atoms with E-state index in [9.17, 15) is 53.1 Å². The van der Waals surface area contributed by atoms with Gasteiger partial charge >= 0.3 is 5.97 Å². The van der Waals surface area contributed by atoms with Gasteiger partial charge in [-0.3, -0.25) is 38.6 Å². The van der Waals surface area contributed by atoms with E-state index < -0.39 is 95.7 Å². The molecule has 0 radical (unpaired) electrons. The van der Waals surface area contributed by atoms with E-state index in [4.69, 9.17) is 17.2 Å². The van der Waals surface area contributed by atoms with E-state index in [2.05, 4.69) is 42.2 Å². The monoisotopic (exact) mass is 879 g/mol. The fraction of sp³-hybridized carbons (Fsp3) is 0.743. The van der Waals surface area contributed by atoms with Gasteiger partial charge in [-0.1, -0.05) is 13.8 Å². The number of nitrogens with zero attached hydrogens (tertiary/aromatic N) is 1. The van der Waals surface area contributed by atoms with Gasteiger partial charge in [-0.2, -0.15) is 11.8 Å². The van der Waals surface area contributed by atoms with Gasteiger partial charge in [0.15, 0.2) is 5.96 Å². The minimum atomic E-state index is -1.64. The lowest BCUT2D eigenvalue weighted by atomic mass is 10.0. The van der Waals surface area contributed by atoms with Crippen molar-refractivity contribution in [3.8, 4) is 0 Å². The quantitative estimate of drug-likeness (QED) is 0.0149. The van der Waals surface area contributed by atoms with Crippen LogP contribution in [0.3, 0.4) is 0 Å². The number of hydrogen-bond donors (Lipinski definition) is 13. The van der Waals surface area contributed by atoms with E-state index in [1.54, 1.807) is 20.1 Å². The molecule has 7 amide bonds. The molecule has 24 heteroatoms. The number of thioether (sulfide) groups is 1. The topological polar surface area (TPSA) is 372 Å². The second-order valence-electron chi connectivity index (χ2n) is 14.2. The summed E-state index contributed by atoms with van der Waals surface area (Å²) in [5.41, 5.74) is 16.4. The van der Waals surface area contributed by atoms with Gasteiger partial charge in [-0.05, 0) is 95.3 Å². The van der Waals surface area contributed by atoms with Gasteiger partial charge in [0.1, 0.15) is 42.3 Å². The zero-order valence-electron chi connectivity index (χ0n) is 34.6. The van der Waals surface area contributed by atoms with Crippen LogP contribution in [0.15, 0.2) is 4.99 Å². The minimum Gasteiger partial charge on any atom is -0.480 e. The Kier molecular flexibility index (Phi) is 27.5. The normalized spacial score (nSPS) is 15.1. The predicted octanol–water partition coefficient (Wildman–Crippen LogP) is -2.93. The van der Waals surface area contributed by atoms with E-state index in [0.29, 0.717) is 30.6 Å². The van der Waals surface area contributed by atoms with Gasteiger partial charge in [0.05, 0.1) is 6.10 Å². The average molecular weight is 880 g/mol. The Bertz CT molecular complexity index is 1420. The molecule has 59 heavy (non-hydrogen) atoms. The SMILES string of the molecule is CSCC[C@H](NC(=O)[C@H](CCCCN)NC(=O)[C@@H](NC(=O)[C@H](C)NC(=O)[C@H](CCCN=C(N)N)NC(=O)[C@H](CSO)NC(C)=O)[C@@H](C)O)C(=O)N[C@@H](CC(C)C)C(=O)O. The number of aliphatic hydroxyl groups is 1. The van der Waals surface area contributed by atoms with Crippen LogP contribution in [0.1, 0.15) is 79.6 Å². The molecule has 0 bridgehead atoms. The van der Waals surface area contributed by atoms with Crippen LogP contribution in [0.4, 0.5) is 0 Å². The molecule has 0 saturated heterocycles. The van der Waals surface area contributed by atoms with Crippen molar-refractivity contribution in [3.63, 3.8) is 0 Å². The molecule has 0 heterocycles. The number of carbonyl (C=O) groups excluding carboxylic acids is 7. The van der Waals surface area contributed by atoms with Crippen LogP contribution in [-0.4, -0.2) is 147 Å². The molecule has 0 aromatic rings. The Morgan fingerprint density at radius 3 is 1.64 bits per heavy atom. The number of aliphatic hydroxyl groups excluding tert-OH is 1. The van der Waals surface area contributed by atoms with Crippen LogP contribution in [0, 0.1) is 5.92 Å². The third-order valence-corrected chi connectivity index (χ3v) is 9.60. The third-order valence-electron chi connectivity index (χ3n) is 8.47. The Labute approximate surface area is 353 Å². The first-order valence-electron chi connectivity index (χ1n) is 19.2. The van der Waals surface area contributed by atoms with E-state index in [0.717, 1.165) is 0 Å². The molecule has 338 valence electrons. The Hall–Kier alpha value is -4.39. The highest BCUT2D eigenvalue weighted by molar-refractivity contribution is 7.98. The van der Waals surface area contributed by atoms with Crippen molar-refractivity contribution in [3.05, 3.63) is 0 Å². The maximum atomic E-state index is 13.7. The predicted molar refractivity (Wildman–Crippen MR) is 225 cm³/mol. The Balaban J connectivity index is 6.12. The molecular formula is C35H65N11O11S2. The van der Waals surface area contributed by atoms with Gasteiger partial charge in [0.2, 0.25) is 41.4 Å². The highest BCUT2D eigenvalue weighted by atomic mass is 32.2. The van der Waals surface area contributed by atoms with Crippen molar-refractivity contribution in [1.29, 1.82) is 0 Å². The summed E-state index contributed by atoms with van der Waals surface area (Å²) in [6.45, 7) is 7.63. The highest BCUT2D eigenvalue weighted by Gasteiger charge is 2.34. The largest absolute Gasteiger partial charge is 0.480 e. The first-order valence-corrected chi connectivity index (χ1v) is 21.5. The average Bonchev–Trinajstić information content (AvgIpc) is 3.14. The molecule has 0 unspecified atom stereocenters. The van der Waals surface area contributed by atoms with Gasteiger partial charge < -0.3 is 69.2 Å². The maximum Gasteiger partial charge on any atom is 0.326 e. The number of aliphatic carboxylic acids is 1. The van der Waals surface area contributed by atoms with Crippen molar-refractivity contribution in [2.75, 3.05) is 30.9 Å². The number of nitrogens with one attached hydrogen (secondary N) is 7. The summed E-state index contributed by atoms with van der Waals surface area (Å²) in [5.74, 6) is -6.87. The number of carbonyl (C=O) groups is 8. The molecular weight excluding hydrogens is 815 g/mol. The van der Waals surface area contributed by atoms with Crippen molar-refractivity contribution in [2.45, 2.75) is 128 Å². The lowest BCUT2D eigenvalue weighted by Gasteiger charge is -2.28. The van der Waals surface area contributed by atoms with Crippen LogP contribution in [0.2, 0.25) is 0 Å². The second-order valence-corrected chi connectivity index (χ2v) is 15.8. The van der Waals surface area contributed by atoms with Crippen LogP contribution in [0.5, 0.6) is 0 Å². The van der Waals surface area contributed by atoms with Gasteiger partial charge in [-0.15, -0.1) is 0 Å². The van der Waals surface area contributed by atoms with E-state index in [1.807, 2.05) is 0 Å². The lowest BCUT2D eigenvalue weighted by Crippen LogP contribution is -2.61. The molecule has 22 nitrogen and oxygen atoms in total. The summed E-state index contributed by atoms with van der Waals surface area (Å²) in [6.07, 6.45) is 1.65. The fourth-order valence-corrected chi connectivity index (χ4v) is 6.23. The summed E-state index contributed by atoms with van der Waals surface area (Å²) < 4.78 is 9.29. The van der Waals surface area contributed by atoms with Crippen molar-refractivity contribution in [1.82, 2.24) is 37.2 Å². The number of guanidine groups is 1. The van der Waals surface area contributed by atoms with Gasteiger partial charge in [0.25, 0.3) is 0 Å². The fourth-order valence-electron chi connectivity index (χ4n) is 5.38. The minimum absolute atomic E-state index is 0.0219. The van der Waals surface area contributed by atoms with E-state index >= 15 is 0 Å². The molecule has 8 atom stereocenters. The molecule has 0 aliphatic carbocycles. The summed E-state index contributed by atoms with van der Waals surface area (Å²) >= 11 is 1.69. The summed E-state index contributed by atoms with van der Waals surface area (Å²) in [5, 5.41) is 37.5. The smallest absolute Gasteiger partial charge is 0.326 e. The number of nitrogens with two attached hydrogens (primary N) is 3. The van der Waals surface area contributed by atoms with Crippen molar-refractivity contribution >= 4 is 77.1 Å². The molecule has 0 aromatic heterocycles. The van der Waals surface area contributed by atoms with Gasteiger partial charge in [-0.25, -0.2) is 4.79 Å². The second kappa shape index (κ2) is 29.8. The third kappa shape index (κ3) is 23.1. The number of carboxylic acids is 1. The van der Waals surface area contributed by atoms with Crippen molar-refractivity contribution < 1.29 is 53.1 Å². The van der Waals surface area contributed by atoms with Crippen molar-refractivity contribution in [2.24, 2.45) is 28.1 Å². The first kappa shape index (κ1) is 54.6. The molecule has 0 fully saturated rings. The van der Waals surface area contributed by atoms with E-state index in [1.165, 1.54) is 32.5 Å². The molecule has 16 N–H and O–H groups in total. The molecule has 0 rings (SSSR count). The number of carboxylic acid groups (broad SMARTS) is 1. The number of rotatable bonds is 30. The maximum absolute atomic E-state index is 13.7. The number of amides is 7.